The Balaban J connectivity index is 2.46. The molecular formula is C17H21BrN2O4S. The molecule has 0 radical (unpaired) electrons. The highest BCUT2D eigenvalue weighted by atomic mass is 79.9. The minimum absolute atomic E-state index is 0.0720. The zero-order valence-corrected chi connectivity index (χ0v) is 16.4. The predicted octanol–water partition coefficient (Wildman–Crippen LogP) is 2.99. The molecule has 2 aromatic rings. The molecule has 0 saturated heterocycles. The number of hydrogen-bond donors (Lipinski definition) is 1. The lowest BCUT2D eigenvalue weighted by Crippen LogP contribution is -2.13. The molecule has 1 heterocycles. The van der Waals surface area contributed by atoms with Gasteiger partial charge >= 0.3 is 0 Å². The van der Waals surface area contributed by atoms with Crippen LogP contribution in [0.5, 0.6) is 5.88 Å². The van der Waals surface area contributed by atoms with Gasteiger partial charge in [0.05, 0.1) is 29.4 Å². The van der Waals surface area contributed by atoms with Gasteiger partial charge in [0.1, 0.15) is 12.9 Å². The van der Waals surface area contributed by atoms with Crippen LogP contribution in [0.15, 0.2) is 35.1 Å². The molecule has 6 nitrogen and oxygen atoms in total. The van der Waals surface area contributed by atoms with Crippen molar-refractivity contribution >= 4 is 25.8 Å². The molecule has 0 atom stereocenters. The van der Waals surface area contributed by atoms with Crippen LogP contribution in [-0.4, -0.2) is 42.5 Å². The van der Waals surface area contributed by atoms with E-state index in [1.165, 1.54) is 6.33 Å². The van der Waals surface area contributed by atoms with E-state index in [1.54, 1.807) is 0 Å². The smallest absolute Gasteiger partial charge is 0.224 e. The van der Waals surface area contributed by atoms with Crippen molar-refractivity contribution in [3.63, 3.8) is 0 Å². The van der Waals surface area contributed by atoms with Gasteiger partial charge in [0, 0.05) is 4.47 Å². The third-order valence-corrected chi connectivity index (χ3v) is 5.67. The Hall–Kier alpha value is -1.51. The standard InChI is InChI=1S/C17H21BrN2O4S/c1-2-3-10-25(22,23)11-15-16(13-4-6-14(18)7-5-13)17(20-12-19-15)24-9-8-21/h4-7,12,21H,2-3,8-11H2,1H3. The van der Waals surface area contributed by atoms with E-state index in [-0.39, 0.29) is 30.6 Å². The van der Waals surface area contributed by atoms with Gasteiger partial charge in [-0.3, -0.25) is 0 Å². The van der Waals surface area contributed by atoms with Crippen molar-refractivity contribution in [3.8, 4) is 17.0 Å². The van der Waals surface area contributed by atoms with Crippen LogP contribution in [0.4, 0.5) is 0 Å². The number of sulfone groups is 1. The maximum absolute atomic E-state index is 12.4. The van der Waals surface area contributed by atoms with Crippen LogP contribution >= 0.6 is 15.9 Å². The number of unbranched alkanes of at least 4 members (excludes halogenated alkanes) is 1. The Labute approximate surface area is 156 Å². The molecule has 8 heteroatoms. The largest absolute Gasteiger partial charge is 0.475 e. The zero-order valence-electron chi connectivity index (χ0n) is 14.0. The van der Waals surface area contributed by atoms with E-state index in [2.05, 4.69) is 25.9 Å². The van der Waals surface area contributed by atoms with Crippen LogP contribution in [0.1, 0.15) is 25.5 Å². The molecule has 25 heavy (non-hydrogen) atoms. The first-order chi connectivity index (χ1) is 12.0. The van der Waals surface area contributed by atoms with Crippen LogP contribution in [0, 0.1) is 0 Å². The van der Waals surface area contributed by atoms with Crippen LogP contribution in [0.2, 0.25) is 0 Å². The minimum Gasteiger partial charge on any atom is -0.475 e. The monoisotopic (exact) mass is 428 g/mol. The molecule has 0 spiro atoms. The molecule has 0 bridgehead atoms. The highest BCUT2D eigenvalue weighted by Gasteiger charge is 2.20. The summed E-state index contributed by atoms with van der Waals surface area (Å²) in [4.78, 5) is 8.31. The maximum Gasteiger partial charge on any atom is 0.224 e. The van der Waals surface area contributed by atoms with E-state index in [9.17, 15) is 8.42 Å². The lowest BCUT2D eigenvalue weighted by atomic mass is 10.1. The Bertz CT molecular complexity index is 795. The van der Waals surface area contributed by atoms with E-state index in [1.807, 2.05) is 31.2 Å². The van der Waals surface area contributed by atoms with Crippen molar-refractivity contribution in [1.29, 1.82) is 0 Å². The quantitative estimate of drug-likeness (QED) is 0.659. The number of halogens is 1. The first-order valence-corrected chi connectivity index (χ1v) is 10.6. The predicted molar refractivity (Wildman–Crippen MR) is 100 cm³/mol. The molecule has 0 aliphatic heterocycles. The molecule has 2 rings (SSSR count). The molecular weight excluding hydrogens is 408 g/mol. The lowest BCUT2D eigenvalue weighted by Gasteiger charge is -2.14. The first-order valence-electron chi connectivity index (χ1n) is 8.00. The van der Waals surface area contributed by atoms with Crippen molar-refractivity contribution in [1.82, 2.24) is 9.97 Å². The number of rotatable bonds is 9. The molecule has 1 N–H and O–H groups in total. The Morgan fingerprint density at radius 1 is 1.20 bits per heavy atom. The zero-order chi connectivity index (χ0) is 18.3. The van der Waals surface area contributed by atoms with Crippen LogP contribution in [0.25, 0.3) is 11.1 Å². The fourth-order valence-corrected chi connectivity index (χ4v) is 4.09. The lowest BCUT2D eigenvalue weighted by molar-refractivity contribution is 0.197. The Morgan fingerprint density at radius 3 is 2.56 bits per heavy atom. The van der Waals surface area contributed by atoms with Crippen molar-refractivity contribution in [2.24, 2.45) is 0 Å². The highest BCUT2D eigenvalue weighted by Crippen LogP contribution is 2.32. The van der Waals surface area contributed by atoms with Gasteiger partial charge in [0.15, 0.2) is 9.84 Å². The van der Waals surface area contributed by atoms with E-state index in [4.69, 9.17) is 9.84 Å². The van der Waals surface area contributed by atoms with Gasteiger partial charge in [0.2, 0.25) is 5.88 Å². The summed E-state index contributed by atoms with van der Waals surface area (Å²) < 4.78 is 31.2. The molecule has 1 aromatic carbocycles. The fraction of sp³-hybridized carbons (Fsp3) is 0.412. The van der Waals surface area contributed by atoms with Crippen LogP contribution < -0.4 is 4.74 Å². The number of aliphatic hydroxyl groups excluding tert-OH is 1. The number of aliphatic hydroxyl groups is 1. The minimum atomic E-state index is -3.28. The SMILES string of the molecule is CCCCS(=O)(=O)Cc1ncnc(OCCO)c1-c1ccc(Br)cc1. The van der Waals surface area contributed by atoms with Gasteiger partial charge in [-0.25, -0.2) is 18.4 Å². The van der Waals surface area contributed by atoms with Crippen LogP contribution in [0.3, 0.4) is 0 Å². The van der Waals surface area contributed by atoms with E-state index < -0.39 is 9.84 Å². The first kappa shape index (κ1) is 19.8. The van der Waals surface area contributed by atoms with E-state index >= 15 is 0 Å². The maximum atomic E-state index is 12.4. The summed E-state index contributed by atoms with van der Waals surface area (Å²) in [5.74, 6) is 0.225. The summed E-state index contributed by atoms with van der Waals surface area (Å²) in [5.41, 5.74) is 1.71. The van der Waals surface area contributed by atoms with Gasteiger partial charge in [-0.1, -0.05) is 41.4 Å². The second kappa shape index (κ2) is 9.26. The van der Waals surface area contributed by atoms with Crippen molar-refractivity contribution in [2.75, 3.05) is 19.0 Å². The van der Waals surface area contributed by atoms with Gasteiger partial charge in [-0.15, -0.1) is 0 Å². The third kappa shape index (κ3) is 5.76. The molecule has 136 valence electrons. The highest BCUT2D eigenvalue weighted by molar-refractivity contribution is 9.10. The second-order valence-corrected chi connectivity index (χ2v) is 8.62. The topological polar surface area (TPSA) is 89.4 Å². The molecule has 0 aliphatic rings. The summed E-state index contributed by atoms with van der Waals surface area (Å²) in [6, 6.07) is 7.40. The van der Waals surface area contributed by atoms with Crippen molar-refractivity contribution in [3.05, 3.63) is 40.8 Å². The van der Waals surface area contributed by atoms with E-state index in [0.29, 0.717) is 17.7 Å². The summed E-state index contributed by atoms with van der Waals surface area (Å²) in [6.07, 6.45) is 2.72. The van der Waals surface area contributed by atoms with E-state index in [0.717, 1.165) is 16.5 Å². The molecule has 0 unspecified atom stereocenters. The molecule has 0 amide bonds. The number of ether oxygens (including phenoxy) is 1. The normalized spacial score (nSPS) is 11.5. The number of nitrogens with zero attached hydrogens (tertiary/aromatic N) is 2. The van der Waals surface area contributed by atoms with Crippen molar-refractivity contribution in [2.45, 2.75) is 25.5 Å². The average molecular weight is 429 g/mol. The number of hydrogen-bond acceptors (Lipinski definition) is 6. The van der Waals surface area contributed by atoms with Crippen molar-refractivity contribution < 1.29 is 18.3 Å². The Kier molecular flexibility index (Phi) is 7.34. The summed E-state index contributed by atoms with van der Waals surface area (Å²) >= 11 is 3.38. The summed E-state index contributed by atoms with van der Waals surface area (Å²) in [7, 11) is -3.28. The molecule has 1 aromatic heterocycles. The van der Waals surface area contributed by atoms with Crippen LogP contribution in [-0.2, 0) is 15.6 Å². The van der Waals surface area contributed by atoms with Gasteiger partial charge in [-0.05, 0) is 24.1 Å². The molecule has 0 aliphatic carbocycles. The molecule has 0 saturated carbocycles. The summed E-state index contributed by atoms with van der Waals surface area (Å²) in [5, 5.41) is 9.01. The van der Waals surface area contributed by atoms with Gasteiger partial charge < -0.3 is 9.84 Å². The second-order valence-electron chi connectivity index (χ2n) is 5.53. The molecule has 0 fully saturated rings. The summed E-state index contributed by atoms with van der Waals surface area (Å²) in [6.45, 7) is 1.87. The van der Waals surface area contributed by atoms with Gasteiger partial charge in [-0.2, -0.15) is 0 Å². The Morgan fingerprint density at radius 2 is 1.92 bits per heavy atom. The van der Waals surface area contributed by atoms with Gasteiger partial charge in [0.25, 0.3) is 0 Å². The number of aromatic nitrogens is 2. The third-order valence-electron chi connectivity index (χ3n) is 3.52. The average Bonchev–Trinajstić information content (AvgIpc) is 2.59. The number of benzene rings is 1. The fourth-order valence-electron chi connectivity index (χ4n) is 2.32.